The normalized spacial score (nSPS) is 23.4. The molecule has 3 atom stereocenters. The number of nitrogens with zero attached hydrogens (tertiary/aromatic N) is 2. The molecule has 2 aliphatic rings. The number of piperidine rings is 1. The van der Waals surface area contributed by atoms with E-state index in [0.29, 0.717) is 36.9 Å². The summed E-state index contributed by atoms with van der Waals surface area (Å²) in [4.78, 5) is 16.9. The molecule has 3 unspecified atom stereocenters. The Bertz CT molecular complexity index is 655. The van der Waals surface area contributed by atoms with E-state index >= 15 is 0 Å². The van der Waals surface area contributed by atoms with Crippen LogP contribution in [0.2, 0.25) is 0 Å². The van der Waals surface area contributed by atoms with Gasteiger partial charge in [0.2, 0.25) is 5.91 Å². The number of halogens is 2. The summed E-state index contributed by atoms with van der Waals surface area (Å²) in [7, 11) is 0. The van der Waals surface area contributed by atoms with Gasteiger partial charge in [-0.2, -0.15) is 0 Å². The molecular formula is C22H33F2N3O. The maximum Gasteiger partial charge on any atom is 0.222 e. The monoisotopic (exact) mass is 393 g/mol. The van der Waals surface area contributed by atoms with E-state index in [9.17, 15) is 13.6 Å². The topological polar surface area (TPSA) is 35.6 Å². The summed E-state index contributed by atoms with van der Waals surface area (Å²) in [6.45, 7) is 9.11. The van der Waals surface area contributed by atoms with Crippen LogP contribution in [0.5, 0.6) is 0 Å². The lowest BCUT2D eigenvalue weighted by Crippen LogP contribution is -2.50. The Balaban J connectivity index is 1.53. The molecule has 2 aliphatic heterocycles. The number of benzene rings is 1. The number of hydrogen-bond acceptors (Lipinski definition) is 3. The van der Waals surface area contributed by atoms with Crippen LogP contribution < -0.4 is 5.32 Å². The molecule has 4 nitrogen and oxygen atoms in total. The van der Waals surface area contributed by atoms with Gasteiger partial charge in [-0.25, -0.2) is 8.78 Å². The zero-order valence-electron chi connectivity index (χ0n) is 17.1. The van der Waals surface area contributed by atoms with Crippen molar-refractivity contribution in [1.82, 2.24) is 15.1 Å². The van der Waals surface area contributed by atoms with Gasteiger partial charge in [0.15, 0.2) is 0 Å². The van der Waals surface area contributed by atoms with Gasteiger partial charge in [0.1, 0.15) is 11.6 Å². The van der Waals surface area contributed by atoms with Gasteiger partial charge < -0.3 is 10.2 Å². The van der Waals surface area contributed by atoms with E-state index in [1.807, 2.05) is 11.8 Å². The second-order valence-corrected chi connectivity index (χ2v) is 8.29. The number of carbonyl (C=O) groups is 1. The average Bonchev–Trinajstić information content (AvgIpc) is 2.71. The minimum Gasteiger partial charge on any atom is -0.340 e. The van der Waals surface area contributed by atoms with E-state index in [1.165, 1.54) is 18.9 Å². The van der Waals surface area contributed by atoms with E-state index < -0.39 is 11.6 Å². The first-order valence-corrected chi connectivity index (χ1v) is 10.7. The second-order valence-electron chi connectivity index (χ2n) is 8.29. The van der Waals surface area contributed by atoms with Crippen LogP contribution in [-0.4, -0.2) is 55.0 Å². The highest BCUT2D eigenvalue weighted by Crippen LogP contribution is 2.29. The van der Waals surface area contributed by atoms with Crippen LogP contribution in [-0.2, 0) is 4.79 Å². The number of rotatable bonds is 6. The van der Waals surface area contributed by atoms with Gasteiger partial charge in [-0.05, 0) is 50.3 Å². The molecule has 0 radical (unpaired) electrons. The molecule has 2 fully saturated rings. The van der Waals surface area contributed by atoms with E-state index in [2.05, 4.69) is 17.1 Å². The standard InChI is InChI=1S/C22H33F2N3O/c1-3-21(19-7-6-18(23)14-20(19)24)26-9-11-27(12-10-26)22(28)13-16(2)17-5-4-8-25-15-17/h6-7,14,16-17,21,25H,3-5,8-13,15H2,1-2H3. The first-order chi connectivity index (χ1) is 13.5. The number of amides is 1. The summed E-state index contributed by atoms with van der Waals surface area (Å²) in [5, 5.41) is 3.43. The first-order valence-electron chi connectivity index (χ1n) is 10.7. The number of hydrogen-bond donors (Lipinski definition) is 1. The van der Waals surface area contributed by atoms with Crippen molar-refractivity contribution >= 4 is 5.91 Å². The van der Waals surface area contributed by atoms with E-state index in [-0.39, 0.29) is 11.9 Å². The predicted molar refractivity (Wildman–Crippen MR) is 107 cm³/mol. The maximum atomic E-state index is 14.2. The molecule has 0 saturated carbocycles. The SMILES string of the molecule is CCC(c1ccc(F)cc1F)N1CCN(C(=O)CC(C)C2CCCNC2)CC1. The van der Waals surface area contributed by atoms with Gasteiger partial charge in [0.05, 0.1) is 0 Å². The van der Waals surface area contributed by atoms with Gasteiger partial charge in [-0.15, -0.1) is 0 Å². The number of nitrogens with one attached hydrogen (secondary N) is 1. The van der Waals surface area contributed by atoms with E-state index in [4.69, 9.17) is 0 Å². The van der Waals surface area contributed by atoms with Crippen LogP contribution in [0.15, 0.2) is 18.2 Å². The largest absolute Gasteiger partial charge is 0.340 e. The molecule has 0 aliphatic carbocycles. The van der Waals surface area contributed by atoms with E-state index in [0.717, 1.165) is 38.7 Å². The van der Waals surface area contributed by atoms with Gasteiger partial charge >= 0.3 is 0 Å². The molecule has 2 saturated heterocycles. The molecule has 156 valence electrons. The molecule has 1 amide bonds. The van der Waals surface area contributed by atoms with Crippen LogP contribution in [0.3, 0.4) is 0 Å². The Morgan fingerprint density at radius 2 is 2.00 bits per heavy atom. The van der Waals surface area contributed by atoms with Crippen molar-refractivity contribution in [2.24, 2.45) is 11.8 Å². The second kappa shape index (κ2) is 9.79. The van der Waals surface area contributed by atoms with Crippen molar-refractivity contribution in [2.45, 2.75) is 45.6 Å². The molecule has 1 aromatic rings. The fourth-order valence-electron chi connectivity index (χ4n) is 4.67. The molecule has 2 heterocycles. The van der Waals surface area contributed by atoms with Crippen molar-refractivity contribution in [3.05, 3.63) is 35.4 Å². The van der Waals surface area contributed by atoms with Crippen molar-refractivity contribution in [3.8, 4) is 0 Å². The third-order valence-corrected chi connectivity index (χ3v) is 6.45. The number of carbonyl (C=O) groups excluding carboxylic acids is 1. The molecule has 3 rings (SSSR count). The highest BCUT2D eigenvalue weighted by Gasteiger charge is 2.29. The average molecular weight is 394 g/mol. The molecule has 0 bridgehead atoms. The van der Waals surface area contributed by atoms with Crippen LogP contribution >= 0.6 is 0 Å². The number of piperazine rings is 1. The van der Waals surface area contributed by atoms with Crippen LogP contribution in [0, 0.1) is 23.5 Å². The summed E-state index contributed by atoms with van der Waals surface area (Å²) in [5.41, 5.74) is 0.544. The highest BCUT2D eigenvalue weighted by atomic mass is 19.1. The summed E-state index contributed by atoms with van der Waals surface area (Å²) in [5.74, 6) is 0.188. The molecule has 0 spiro atoms. The van der Waals surface area contributed by atoms with Crippen LogP contribution in [0.25, 0.3) is 0 Å². The van der Waals surface area contributed by atoms with Gasteiger partial charge in [0.25, 0.3) is 0 Å². The Morgan fingerprint density at radius 3 is 2.61 bits per heavy atom. The van der Waals surface area contributed by atoms with Crippen LogP contribution in [0.4, 0.5) is 8.78 Å². The molecular weight excluding hydrogens is 360 g/mol. The van der Waals surface area contributed by atoms with Gasteiger partial charge in [-0.3, -0.25) is 9.69 Å². The lowest BCUT2D eigenvalue weighted by Gasteiger charge is -2.40. The zero-order chi connectivity index (χ0) is 20.1. The quantitative estimate of drug-likeness (QED) is 0.802. The van der Waals surface area contributed by atoms with Gasteiger partial charge in [0, 0.05) is 50.3 Å². The maximum absolute atomic E-state index is 14.2. The first kappa shape index (κ1) is 21.2. The molecule has 6 heteroatoms. The fourth-order valence-corrected chi connectivity index (χ4v) is 4.67. The summed E-state index contributed by atoms with van der Waals surface area (Å²) in [6.07, 6.45) is 3.76. The van der Waals surface area contributed by atoms with Crippen LogP contribution in [0.1, 0.15) is 51.1 Å². The lowest BCUT2D eigenvalue weighted by atomic mass is 9.85. The minimum absolute atomic E-state index is 0.0786. The highest BCUT2D eigenvalue weighted by molar-refractivity contribution is 5.76. The molecule has 1 aromatic carbocycles. The summed E-state index contributed by atoms with van der Waals surface area (Å²) < 4.78 is 27.5. The van der Waals surface area contributed by atoms with Crippen molar-refractivity contribution in [2.75, 3.05) is 39.3 Å². The predicted octanol–water partition coefficient (Wildman–Crippen LogP) is 3.59. The van der Waals surface area contributed by atoms with Gasteiger partial charge in [-0.1, -0.05) is 19.9 Å². The molecule has 0 aromatic heterocycles. The summed E-state index contributed by atoms with van der Waals surface area (Å²) >= 11 is 0. The van der Waals surface area contributed by atoms with Crippen molar-refractivity contribution in [3.63, 3.8) is 0 Å². The molecule has 28 heavy (non-hydrogen) atoms. The zero-order valence-corrected chi connectivity index (χ0v) is 17.1. The lowest BCUT2D eigenvalue weighted by molar-refractivity contribution is -0.134. The molecule has 1 N–H and O–H groups in total. The Hall–Kier alpha value is -1.53. The van der Waals surface area contributed by atoms with Crippen molar-refractivity contribution < 1.29 is 13.6 Å². The van der Waals surface area contributed by atoms with E-state index in [1.54, 1.807) is 6.07 Å². The summed E-state index contributed by atoms with van der Waals surface area (Å²) in [6, 6.07) is 3.75. The minimum atomic E-state index is -0.547. The third kappa shape index (κ3) is 5.09. The Kier molecular flexibility index (Phi) is 7.41. The van der Waals surface area contributed by atoms with Crippen molar-refractivity contribution in [1.29, 1.82) is 0 Å². The Morgan fingerprint density at radius 1 is 1.25 bits per heavy atom. The third-order valence-electron chi connectivity index (χ3n) is 6.45. The smallest absolute Gasteiger partial charge is 0.222 e. The Labute approximate surface area is 167 Å². The fraction of sp³-hybridized carbons (Fsp3) is 0.682.